The van der Waals surface area contributed by atoms with Crippen molar-refractivity contribution in [1.82, 2.24) is 5.32 Å². The summed E-state index contributed by atoms with van der Waals surface area (Å²) in [6, 6.07) is 8.73. The van der Waals surface area contributed by atoms with Gasteiger partial charge in [-0.1, -0.05) is 30.3 Å². The second-order valence-electron chi connectivity index (χ2n) is 4.21. The van der Waals surface area contributed by atoms with Crippen molar-refractivity contribution < 1.29 is 33.6 Å². The van der Waals surface area contributed by atoms with Gasteiger partial charge >= 0.3 is 18.9 Å². The van der Waals surface area contributed by atoms with Gasteiger partial charge < -0.3 is 15.2 Å². The number of carbonyl (C=O) groups is 2. The fourth-order valence-corrected chi connectivity index (χ4v) is 2.13. The van der Waals surface area contributed by atoms with E-state index in [1.807, 2.05) is 36.6 Å². The Hall–Kier alpha value is -0.893. The van der Waals surface area contributed by atoms with E-state index in [0.29, 0.717) is 18.6 Å². The number of amides is 1. The molecule has 1 aromatic carbocycles. The van der Waals surface area contributed by atoms with Crippen molar-refractivity contribution in [3.05, 3.63) is 35.9 Å². The Labute approximate surface area is 135 Å². The summed E-state index contributed by atoms with van der Waals surface area (Å²) in [4.78, 5) is 22.6. The Bertz CT molecular complexity index is 414. The van der Waals surface area contributed by atoms with Crippen LogP contribution in [0.3, 0.4) is 0 Å². The monoisotopic (exact) mass is 287 g/mol. The molecule has 0 aliphatic heterocycles. The van der Waals surface area contributed by atoms with Gasteiger partial charge in [0.1, 0.15) is 0 Å². The molecule has 20 heavy (non-hydrogen) atoms. The molecule has 1 N–H and O–H groups in total. The third-order valence-electron chi connectivity index (χ3n) is 2.71. The molecule has 0 fully saturated rings. The zero-order chi connectivity index (χ0) is 14.1. The number of aryl methyl sites for hydroxylation is 1. The number of hydrogen-bond acceptors (Lipinski definition) is 4. The van der Waals surface area contributed by atoms with E-state index in [1.165, 1.54) is 0 Å². The van der Waals surface area contributed by atoms with E-state index in [9.17, 15) is 14.7 Å². The van der Waals surface area contributed by atoms with Crippen LogP contribution >= 0.6 is 11.8 Å². The predicted molar refractivity (Wildman–Crippen MR) is 74.7 cm³/mol. The van der Waals surface area contributed by atoms with Gasteiger partial charge in [0, 0.05) is 6.42 Å². The fourth-order valence-electron chi connectivity index (χ4n) is 1.65. The molecule has 1 amide bonds. The van der Waals surface area contributed by atoms with E-state index in [-0.39, 0.29) is 31.2 Å². The first kappa shape index (κ1) is 19.1. The molecule has 1 atom stereocenters. The van der Waals surface area contributed by atoms with E-state index >= 15 is 0 Å². The minimum absolute atomic E-state index is 0. The second kappa shape index (κ2) is 10.8. The first-order valence-electron chi connectivity index (χ1n) is 6.16. The standard InChI is InChI=1S/C14H19NO3S.Li/c1-19-10-9-12(14(17)18)15-13(16)8-7-11-5-3-2-4-6-11;/h2-6,12H,7-10H2,1H3,(H,15,16)(H,17,18);/q;+1/p-1/t12-;/m0./s1. The quantitative estimate of drug-likeness (QED) is 0.542. The number of rotatable bonds is 8. The van der Waals surface area contributed by atoms with Crippen LogP contribution < -0.4 is 29.3 Å². The summed E-state index contributed by atoms with van der Waals surface area (Å²) in [5.74, 6) is -0.793. The van der Waals surface area contributed by atoms with Gasteiger partial charge in [0.05, 0.1) is 12.0 Å². The van der Waals surface area contributed by atoms with Crippen molar-refractivity contribution in [2.24, 2.45) is 0 Å². The minimum atomic E-state index is -1.22. The largest absolute Gasteiger partial charge is 1.00 e. The Morgan fingerprint density at radius 2 is 1.95 bits per heavy atom. The summed E-state index contributed by atoms with van der Waals surface area (Å²) in [6.07, 6.45) is 3.17. The van der Waals surface area contributed by atoms with Gasteiger partial charge in [0.15, 0.2) is 0 Å². The maximum atomic E-state index is 11.7. The molecule has 0 radical (unpaired) electrons. The Kier molecular flexibility index (Phi) is 10.4. The molecule has 0 saturated heterocycles. The van der Waals surface area contributed by atoms with Crippen molar-refractivity contribution in [2.45, 2.75) is 25.3 Å². The Morgan fingerprint density at radius 3 is 2.50 bits per heavy atom. The zero-order valence-corrected chi connectivity index (χ0v) is 12.7. The van der Waals surface area contributed by atoms with Gasteiger partial charge in [-0.2, -0.15) is 11.8 Å². The van der Waals surface area contributed by atoms with Crippen LogP contribution in [0, 0.1) is 0 Å². The van der Waals surface area contributed by atoms with Crippen LogP contribution in [0.4, 0.5) is 0 Å². The number of carbonyl (C=O) groups excluding carboxylic acids is 2. The summed E-state index contributed by atoms with van der Waals surface area (Å²) in [7, 11) is 0. The maximum absolute atomic E-state index is 11.7. The molecule has 0 spiro atoms. The van der Waals surface area contributed by atoms with Gasteiger partial charge in [0.2, 0.25) is 5.91 Å². The van der Waals surface area contributed by atoms with Crippen molar-refractivity contribution in [1.29, 1.82) is 0 Å². The smallest absolute Gasteiger partial charge is 0.548 e. The molecule has 0 heterocycles. The van der Waals surface area contributed by atoms with E-state index in [1.54, 1.807) is 11.8 Å². The molecule has 6 heteroatoms. The van der Waals surface area contributed by atoms with Gasteiger partial charge in [0.25, 0.3) is 0 Å². The normalized spacial score (nSPS) is 11.2. The van der Waals surface area contributed by atoms with Gasteiger partial charge in [-0.3, -0.25) is 4.79 Å². The third-order valence-corrected chi connectivity index (χ3v) is 3.36. The van der Waals surface area contributed by atoms with Crippen LogP contribution in [0.2, 0.25) is 0 Å². The maximum Gasteiger partial charge on any atom is 1.00 e. The number of nitrogens with one attached hydrogen (secondary N) is 1. The van der Waals surface area contributed by atoms with Crippen LogP contribution in [0.1, 0.15) is 18.4 Å². The summed E-state index contributed by atoms with van der Waals surface area (Å²) in [5, 5.41) is 13.4. The minimum Gasteiger partial charge on any atom is -0.548 e. The van der Waals surface area contributed by atoms with Crippen LogP contribution in [0.25, 0.3) is 0 Å². The van der Waals surface area contributed by atoms with Crippen LogP contribution in [0.15, 0.2) is 30.3 Å². The predicted octanol–water partition coefficient (Wildman–Crippen LogP) is -2.39. The number of aliphatic carboxylic acids is 1. The van der Waals surface area contributed by atoms with Crippen molar-refractivity contribution in [3.8, 4) is 0 Å². The molecular formula is C14H18LiNO3S. The molecule has 0 aliphatic rings. The fraction of sp³-hybridized carbons (Fsp3) is 0.429. The molecule has 1 aromatic rings. The van der Waals surface area contributed by atoms with Gasteiger partial charge in [-0.25, -0.2) is 0 Å². The molecule has 0 bridgehead atoms. The molecule has 0 unspecified atom stereocenters. The van der Waals surface area contributed by atoms with E-state index in [4.69, 9.17) is 0 Å². The number of carboxylic acid groups (broad SMARTS) is 1. The molecule has 104 valence electrons. The Morgan fingerprint density at radius 1 is 1.30 bits per heavy atom. The summed E-state index contributed by atoms with van der Waals surface area (Å²) in [6.45, 7) is 0. The molecule has 0 aromatic heterocycles. The van der Waals surface area contributed by atoms with Crippen molar-refractivity contribution in [3.63, 3.8) is 0 Å². The summed E-state index contributed by atoms with van der Waals surface area (Å²) >= 11 is 1.54. The molecule has 1 rings (SSSR count). The van der Waals surface area contributed by atoms with Crippen LogP contribution in [-0.4, -0.2) is 29.9 Å². The average Bonchev–Trinajstić information content (AvgIpc) is 2.42. The Balaban J connectivity index is 0.00000361. The van der Waals surface area contributed by atoms with Gasteiger partial charge in [-0.15, -0.1) is 0 Å². The van der Waals surface area contributed by atoms with Crippen LogP contribution in [-0.2, 0) is 16.0 Å². The van der Waals surface area contributed by atoms with E-state index in [2.05, 4.69) is 5.32 Å². The summed E-state index contributed by atoms with van der Waals surface area (Å²) in [5.41, 5.74) is 1.06. The molecule has 0 aliphatic carbocycles. The average molecular weight is 287 g/mol. The van der Waals surface area contributed by atoms with E-state index < -0.39 is 12.0 Å². The topological polar surface area (TPSA) is 69.2 Å². The number of thioether (sulfide) groups is 1. The van der Waals surface area contributed by atoms with Crippen molar-refractivity contribution >= 4 is 23.6 Å². The first-order chi connectivity index (χ1) is 9.13. The number of benzene rings is 1. The zero-order valence-electron chi connectivity index (χ0n) is 11.9. The van der Waals surface area contributed by atoms with Gasteiger partial charge in [-0.05, 0) is 30.4 Å². The first-order valence-corrected chi connectivity index (χ1v) is 7.56. The third kappa shape index (κ3) is 7.64. The summed E-state index contributed by atoms with van der Waals surface area (Å²) < 4.78 is 0. The molecule has 0 saturated carbocycles. The second-order valence-corrected chi connectivity index (χ2v) is 5.19. The molecular weight excluding hydrogens is 269 g/mol. The molecule has 4 nitrogen and oxygen atoms in total. The SMILES string of the molecule is CSCC[C@H](NC(=O)CCc1ccccc1)C(=O)[O-].[Li+]. The van der Waals surface area contributed by atoms with Crippen molar-refractivity contribution in [2.75, 3.05) is 12.0 Å². The van der Waals surface area contributed by atoms with E-state index in [0.717, 1.165) is 5.56 Å². The van der Waals surface area contributed by atoms with Crippen LogP contribution in [0.5, 0.6) is 0 Å². The number of carboxylic acids is 1. The number of hydrogen-bond donors (Lipinski definition) is 1.